The zero-order valence-electron chi connectivity index (χ0n) is 15.8. The largest absolute Gasteiger partial charge is 0.372 e. The van der Waals surface area contributed by atoms with Crippen LogP contribution in [-0.4, -0.2) is 30.6 Å². The Kier molecular flexibility index (Phi) is 4.36. The van der Waals surface area contributed by atoms with E-state index in [1.165, 1.54) is 49.8 Å². The number of benzene rings is 1. The number of rotatable bonds is 6. The highest BCUT2D eigenvalue weighted by molar-refractivity contribution is 5.47. The Balaban J connectivity index is 1.45. The van der Waals surface area contributed by atoms with Crippen molar-refractivity contribution in [3.05, 3.63) is 29.8 Å². The molecular formula is C22H34N2. The first-order valence-corrected chi connectivity index (χ1v) is 10.2. The molecule has 5 rings (SSSR count). The Morgan fingerprint density at radius 3 is 1.83 bits per heavy atom. The summed E-state index contributed by atoms with van der Waals surface area (Å²) in [6.07, 6.45) is 9.00. The molecule has 4 bridgehead atoms. The van der Waals surface area contributed by atoms with Crippen LogP contribution in [0.4, 0.5) is 5.69 Å². The standard InChI is InChI=1S/C22H34N2/c1-4-24(5-2)21-8-6-17(7-9-21)16-23(3)22-13-18-10-19(14-22)12-20(11-18)15-22/h6-9,18-20H,4-5,10-16H2,1-3H3. The fraction of sp³-hybridized carbons (Fsp3) is 0.727. The van der Waals surface area contributed by atoms with Gasteiger partial charge in [0.05, 0.1) is 0 Å². The lowest BCUT2D eigenvalue weighted by Crippen LogP contribution is -2.58. The van der Waals surface area contributed by atoms with E-state index >= 15 is 0 Å². The van der Waals surface area contributed by atoms with Gasteiger partial charge in [-0.05, 0) is 94.9 Å². The molecular weight excluding hydrogens is 292 g/mol. The maximum Gasteiger partial charge on any atom is 0.0366 e. The van der Waals surface area contributed by atoms with Gasteiger partial charge in [-0.15, -0.1) is 0 Å². The summed E-state index contributed by atoms with van der Waals surface area (Å²) in [6, 6.07) is 9.33. The van der Waals surface area contributed by atoms with Crippen LogP contribution in [0.5, 0.6) is 0 Å². The van der Waals surface area contributed by atoms with Crippen LogP contribution in [0.25, 0.3) is 0 Å². The summed E-state index contributed by atoms with van der Waals surface area (Å²) in [5.74, 6) is 3.09. The van der Waals surface area contributed by atoms with Gasteiger partial charge in [0.15, 0.2) is 0 Å². The molecule has 24 heavy (non-hydrogen) atoms. The minimum atomic E-state index is 0.520. The van der Waals surface area contributed by atoms with Gasteiger partial charge >= 0.3 is 0 Å². The van der Waals surface area contributed by atoms with E-state index in [2.05, 4.69) is 55.0 Å². The van der Waals surface area contributed by atoms with E-state index in [1.807, 2.05) is 0 Å². The number of nitrogens with zero attached hydrogens (tertiary/aromatic N) is 2. The summed E-state index contributed by atoms with van der Waals surface area (Å²) in [4.78, 5) is 5.15. The van der Waals surface area contributed by atoms with Crippen LogP contribution in [0, 0.1) is 17.8 Å². The maximum atomic E-state index is 2.73. The van der Waals surface area contributed by atoms with Crippen molar-refractivity contribution in [1.82, 2.24) is 4.90 Å². The minimum absolute atomic E-state index is 0.520. The van der Waals surface area contributed by atoms with Crippen molar-refractivity contribution in [2.24, 2.45) is 17.8 Å². The topological polar surface area (TPSA) is 6.48 Å². The normalized spacial score (nSPS) is 34.1. The van der Waals surface area contributed by atoms with Crippen molar-refractivity contribution in [2.45, 2.75) is 64.5 Å². The molecule has 0 aliphatic heterocycles. The number of anilines is 1. The van der Waals surface area contributed by atoms with Gasteiger partial charge in [0.2, 0.25) is 0 Å². The second kappa shape index (κ2) is 6.37. The smallest absolute Gasteiger partial charge is 0.0366 e. The quantitative estimate of drug-likeness (QED) is 0.731. The van der Waals surface area contributed by atoms with Crippen LogP contribution in [-0.2, 0) is 6.54 Å². The van der Waals surface area contributed by atoms with Gasteiger partial charge < -0.3 is 4.90 Å². The highest BCUT2D eigenvalue weighted by Gasteiger charge is 2.52. The van der Waals surface area contributed by atoms with E-state index in [0.717, 1.165) is 37.4 Å². The molecule has 2 heteroatoms. The first kappa shape index (κ1) is 16.4. The Morgan fingerprint density at radius 1 is 0.875 bits per heavy atom. The minimum Gasteiger partial charge on any atom is -0.372 e. The van der Waals surface area contributed by atoms with E-state index < -0.39 is 0 Å². The van der Waals surface area contributed by atoms with Crippen molar-refractivity contribution in [3.8, 4) is 0 Å². The zero-order valence-corrected chi connectivity index (χ0v) is 15.8. The third-order valence-corrected chi connectivity index (χ3v) is 7.30. The Bertz CT molecular complexity index is 523. The molecule has 4 fully saturated rings. The van der Waals surface area contributed by atoms with Gasteiger partial charge in [-0.2, -0.15) is 0 Å². The molecule has 0 radical (unpaired) electrons. The molecule has 0 amide bonds. The molecule has 4 aliphatic rings. The van der Waals surface area contributed by atoms with Gasteiger partial charge in [-0.25, -0.2) is 0 Å². The SMILES string of the molecule is CCN(CC)c1ccc(CN(C)C23CC4CC(CC(C4)C2)C3)cc1. The van der Waals surface area contributed by atoms with Crippen LogP contribution in [0.1, 0.15) is 57.9 Å². The molecule has 0 spiro atoms. The molecule has 1 aromatic carbocycles. The predicted octanol–water partition coefficient (Wildman–Crippen LogP) is 4.93. The van der Waals surface area contributed by atoms with Gasteiger partial charge in [0.25, 0.3) is 0 Å². The van der Waals surface area contributed by atoms with Gasteiger partial charge in [0, 0.05) is 30.9 Å². The first-order chi connectivity index (χ1) is 11.6. The maximum absolute atomic E-state index is 2.73. The third kappa shape index (κ3) is 2.87. The fourth-order valence-corrected chi connectivity index (χ4v) is 6.37. The molecule has 132 valence electrons. The fourth-order valence-electron chi connectivity index (χ4n) is 6.37. The molecule has 0 unspecified atom stereocenters. The summed E-state index contributed by atoms with van der Waals surface area (Å²) < 4.78 is 0. The van der Waals surface area contributed by atoms with Crippen molar-refractivity contribution < 1.29 is 0 Å². The summed E-state index contributed by atoms with van der Waals surface area (Å²) in [5, 5.41) is 0. The summed E-state index contributed by atoms with van der Waals surface area (Å²) >= 11 is 0. The van der Waals surface area contributed by atoms with Crippen molar-refractivity contribution in [2.75, 3.05) is 25.0 Å². The number of hydrogen-bond donors (Lipinski definition) is 0. The van der Waals surface area contributed by atoms with E-state index in [0.29, 0.717) is 5.54 Å². The molecule has 0 aromatic heterocycles. The second-order valence-corrected chi connectivity index (χ2v) is 8.84. The highest BCUT2D eigenvalue weighted by Crippen LogP contribution is 2.57. The summed E-state index contributed by atoms with van der Waals surface area (Å²) in [6.45, 7) is 7.76. The van der Waals surface area contributed by atoms with E-state index in [4.69, 9.17) is 0 Å². The lowest BCUT2D eigenvalue weighted by molar-refractivity contribution is -0.0821. The third-order valence-electron chi connectivity index (χ3n) is 7.30. The molecule has 4 saturated carbocycles. The molecule has 1 aromatic rings. The zero-order chi connectivity index (χ0) is 16.7. The van der Waals surface area contributed by atoms with Gasteiger partial charge in [-0.1, -0.05) is 12.1 Å². The van der Waals surface area contributed by atoms with Crippen molar-refractivity contribution in [1.29, 1.82) is 0 Å². The van der Waals surface area contributed by atoms with Crippen molar-refractivity contribution >= 4 is 5.69 Å². The molecule has 2 nitrogen and oxygen atoms in total. The summed E-state index contributed by atoms with van der Waals surface area (Å²) in [7, 11) is 2.39. The second-order valence-electron chi connectivity index (χ2n) is 8.84. The first-order valence-electron chi connectivity index (χ1n) is 10.2. The molecule has 0 atom stereocenters. The van der Waals surface area contributed by atoms with Gasteiger partial charge in [0.1, 0.15) is 0 Å². The molecule has 4 aliphatic carbocycles. The van der Waals surface area contributed by atoms with Crippen LogP contribution in [0.2, 0.25) is 0 Å². The number of hydrogen-bond acceptors (Lipinski definition) is 2. The molecule has 0 heterocycles. The van der Waals surface area contributed by atoms with Crippen LogP contribution >= 0.6 is 0 Å². The van der Waals surface area contributed by atoms with E-state index in [-0.39, 0.29) is 0 Å². The van der Waals surface area contributed by atoms with Crippen LogP contribution in [0.3, 0.4) is 0 Å². The predicted molar refractivity (Wildman–Crippen MR) is 102 cm³/mol. The van der Waals surface area contributed by atoms with E-state index in [9.17, 15) is 0 Å². The Hall–Kier alpha value is -1.02. The van der Waals surface area contributed by atoms with E-state index in [1.54, 1.807) is 0 Å². The van der Waals surface area contributed by atoms with Crippen LogP contribution < -0.4 is 4.90 Å². The summed E-state index contributed by atoms with van der Waals surface area (Å²) in [5.41, 5.74) is 3.36. The average Bonchev–Trinajstić information content (AvgIpc) is 2.56. The Labute approximate surface area is 148 Å². The monoisotopic (exact) mass is 326 g/mol. The van der Waals surface area contributed by atoms with Crippen LogP contribution in [0.15, 0.2) is 24.3 Å². The Morgan fingerprint density at radius 2 is 1.38 bits per heavy atom. The highest BCUT2D eigenvalue weighted by atomic mass is 15.2. The van der Waals surface area contributed by atoms with Crippen molar-refractivity contribution in [3.63, 3.8) is 0 Å². The lowest BCUT2D eigenvalue weighted by atomic mass is 9.52. The average molecular weight is 327 g/mol. The molecule has 0 N–H and O–H groups in total. The molecule has 0 saturated heterocycles. The van der Waals surface area contributed by atoms with Gasteiger partial charge in [-0.3, -0.25) is 4.90 Å². The lowest BCUT2D eigenvalue weighted by Gasteiger charge is -2.60.